The van der Waals surface area contributed by atoms with E-state index in [0.717, 1.165) is 51.9 Å². The molecule has 0 bridgehead atoms. The summed E-state index contributed by atoms with van der Waals surface area (Å²) in [7, 11) is 0. The van der Waals surface area contributed by atoms with Crippen molar-refractivity contribution >= 4 is 35.7 Å². The summed E-state index contributed by atoms with van der Waals surface area (Å²) in [6, 6.07) is 0. The number of nitrogens with zero attached hydrogens (tertiary/aromatic N) is 2. The molecule has 0 N–H and O–H groups in total. The van der Waals surface area contributed by atoms with Crippen molar-refractivity contribution in [3.8, 4) is 0 Å². The van der Waals surface area contributed by atoms with Crippen molar-refractivity contribution < 1.29 is 36.9 Å². The van der Waals surface area contributed by atoms with Crippen molar-refractivity contribution in [3.63, 3.8) is 0 Å². The topological polar surface area (TPSA) is 40.6 Å². The van der Waals surface area contributed by atoms with Crippen LogP contribution in [0.3, 0.4) is 0 Å². The van der Waals surface area contributed by atoms with Gasteiger partial charge >= 0.3 is 27.3 Å². The molecule has 7 heteroatoms. The van der Waals surface area contributed by atoms with Gasteiger partial charge in [0.2, 0.25) is 0 Å². The van der Waals surface area contributed by atoms with Gasteiger partial charge in [-0.15, -0.1) is 0 Å². The molecular formula is C26H52CdN2O2S2. The van der Waals surface area contributed by atoms with Crippen LogP contribution >= 0.6 is 0 Å². The maximum absolute atomic E-state index is 11.2. The predicted octanol–water partition coefficient (Wildman–Crippen LogP) is 8.23. The number of rotatable bonds is 20. The molecule has 0 aromatic rings. The van der Waals surface area contributed by atoms with Gasteiger partial charge < -0.3 is 44.6 Å². The third-order valence-corrected chi connectivity index (χ3v) is 6.16. The molecule has 0 unspecified atom stereocenters. The molecule has 0 spiro atoms. The molecule has 0 aliphatic carbocycles. The zero-order chi connectivity index (χ0) is 24.5. The SMILES string of the molecule is CCCCCCN(CCCCCC)C(=O)[S-].CCCCCCN(CCCCCC)C(=O)[S-].[Cd+2]. The summed E-state index contributed by atoms with van der Waals surface area (Å²) in [4.78, 5) is 26.1. The van der Waals surface area contributed by atoms with Crippen LogP contribution in [0.15, 0.2) is 0 Å². The largest absolute Gasteiger partial charge is 2.00 e. The Morgan fingerprint density at radius 3 is 0.818 bits per heavy atom. The Balaban J connectivity index is -0.000000529. The van der Waals surface area contributed by atoms with Gasteiger partial charge in [-0.25, -0.2) is 0 Å². The van der Waals surface area contributed by atoms with Crippen LogP contribution in [0.25, 0.3) is 0 Å². The Labute approximate surface area is 237 Å². The summed E-state index contributed by atoms with van der Waals surface area (Å²) >= 11 is 9.49. The molecule has 0 saturated heterocycles. The number of hydrogen-bond donors (Lipinski definition) is 0. The van der Waals surface area contributed by atoms with Gasteiger partial charge in [-0.05, 0) is 25.7 Å². The van der Waals surface area contributed by atoms with Crippen LogP contribution in [0.5, 0.6) is 0 Å². The minimum Gasteiger partial charge on any atom is -0.719 e. The third kappa shape index (κ3) is 28.4. The molecule has 0 atom stereocenters. The first kappa shape index (κ1) is 37.8. The zero-order valence-electron chi connectivity index (χ0n) is 22.4. The van der Waals surface area contributed by atoms with E-state index in [1.54, 1.807) is 0 Å². The molecule has 0 fully saturated rings. The number of amides is 2. The summed E-state index contributed by atoms with van der Waals surface area (Å²) in [5.74, 6) is 0. The van der Waals surface area contributed by atoms with Crippen LogP contribution < -0.4 is 0 Å². The van der Waals surface area contributed by atoms with Crippen molar-refractivity contribution in [3.05, 3.63) is 0 Å². The predicted molar refractivity (Wildman–Crippen MR) is 145 cm³/mol. The Morgan fingerprint density at radius 1 is 0.455 bits per heavy atom. The first-order chi connectivity index (χ1) is 15.4. The van der Waals surface area contributed by atoms with Crippen molar-refractivity contribution in [2.45, 2.75) is 130 Å². The molecule has 0 saturated carbocycles. The van der Waals surface area contributed by atoms with Crippen molar-refractivity contribution in [1.29, 1.82) is 0 Å². The fourth-order valence-electron chi connectivity index (χ4n) is 3.51. The van der Waals surface area contributed by atoms with Crippen LogP contribution in [-0.4, -0.2) is 46.5 Å². The summed E-state index contributed by atoms with van der Waals surface area (Å²) in [6.07, 6.45) is 19.2. The molecule has 192 valence electrons. The molecule has 0 aromatic carbocycles. The van der Waals surface area contributed by atoms with Gasteiger partial charge in [-0.2, -0.15) is 0 Å². The Bertz CT molecular complexity index is 367. The van der Waals surface area contributed by atoms with Crippen molar-refractivity contribution in [2.75, 3.05) is 26.2 Å². The molecule has 0 aliphatic heterocycles. The van der Waals surface area contributed by atoms with E-state index in [1.165, 1.54) is 77.0 Å². The fourth-order valence-corrected chi connectivity index (χ4v) is 3.87. The molecular weight excluding hydrogens is 549 g/mol. The molecule has 0 aliphatic rings. The Morgan fingerprint density at radius 2 is 0.667 bits per heavy atom. The van der Waals surface area contributed by atoms with E-state index >= 15 is 0 Å². The Hall–Kier alpha value is 0.302. The average Bonchev–Trinajstić information content (AvgIpc) is 2.77. The maximum Gasteiger partial charge on any atom is 2.00 e. The number of unbranched alkanes of at least 4 members (excludes halogenated alkanes) is 12. The quantitative estimate of drug-likeness (QED) is 0.0802. The van der Waals surface area contributed by atoms with E-state index in [4.69, 9.17) is 25.3 Å². The second-order valence-electron chi connectivity index (χ2n) is 8.75. The number of carbonyl (C=O) groups is 2. The van der Waals surface area contributed by atoms with Gasteiger partial charge in [-0.1, -0.05) is 105 Å². The van der Waals surface area contributed by atoms with Crippen molar-refractivity contribution in [2.24, 2.45) is 0 Å². The summed E-state index contributed by atoms with van der Waals surface area (Å²) in [6.45, 7) is 12.2. The summed E-state index contributed by atoms with van der Waals surface area (Å²) < 4.78 is 0. The normalized spacial score (nSPS) is 10.1. The molecule has 33 heavy (non-hydrogen) atoms. The van der Waals surface area contributed by atoms with Gasteiger partial charge in [0.05, 0.1) is 0 Å². The van der Waals surface area contributed by atoms with Crippen LogP contribution in [0.1, 0.15) is 130 Å². The molecule has 2 amide bonds. The van der Waals surface area contributed by atoms with E-state index in [9.17, 15) is 9.59 Å². The fraction of sp³-hybridized carbons (Fsp3) is 0.923. The second-order valence-corrected chi connectivity index (χ2v) is 9.45. The minimum absolute atomic E-state index is 0. The first-order valence-corrected chi connectivity index (χ1v) is 14.2. The number of carbonyl (C=O) groups excluding carboxylic acids is 2. The number of hydrogen-bond acceptors (Lipinski definition) is 4. The van der Waals surface area contributed by atoms with E-state index in [1.807, 2.05) is 9.80 Å². The van der Waals surface area contributed by atoms with E-state index in [2.05, 4.69) is 27.7 Å². The van der Waals surface area contributed by atoms with Crippen LogP contribution in [0.2, 0.25) is 0 Å². The standard InChI is InChI=1S/2C13H27NOS.Cd/c2*1-3-5-7-9-11-14(13(15)16)12-10-8-6-4-2;/h2*3-12H2,1-2H3,(H,15,16);/q;;+2/p-2. The van der Waals surface area contributed by atoms with Gasteiger partial charge in [0, 0.05) is 26.2 Å². The van der Waals surface area contributed by atoms with Gasteiger partial charge in [0.15, 0.2) is 0 Å². The van der Waals surface area contributed by atoms with Crippen LogP contribution in [0.4, 0.5) is 9.59 Å². The first-order valence-electron chi connectivity index (χ1n) is 13.4. The molecule has 0 radical (unpaired) electrons. The monoisotopic (exact) mass is 602 g/mol. The minimum atomic E-state index is -0.173. The molecule has 4 nitrogen and oxygen atoms in total. The van der Waals surface area contributed by atoms with E-state index < -0.39 is 0 Å². The van der Waals surface area contributed by atoms with Gasteiger partial charge in [-0.3, -0.25) is 0 Å². The van der Waals surface area contributed by atoms with Crippen LogP contribution in [-0.2, 0) is 52.6 Å². The molecule has 0 aromatic heterocycles. The zero-order valence-corrected chi connectivity index (χ0v) is 28.0. The van der Waals surface area contributed by atoms with Gasteiger partial charge in [0.25, 0.3) is 0 Å². The molecule has 0 heterocycles. The smallest absolute Gasteiger partial charge is 0.719 e. The van der Waals surface area contributed by atoms with Crippen LogP contribution in [0, 0.1) is 0 Å². The molecule has 0 rings (SSSR count). The second kappa shape index (κ2) is 30.3. The van der Waals surface area contributed by atoms with Crippen molar-refractivity contribution in [1.82, 2.24) is 9.80 Å². The third-order valence-electron chi connectivity index (χ3n) is 5.64. The summed E-state index contributed by atoms with van der Waals surface area (Å²) in [5, 5.41) is -0.346. The summed E-state index contributed by atoms with van der Waals surface area (Å²) in [5.41, 5.74) is 0. The Kier molecular flexibility index (Phi) is 34.8. The van der Waals surface area contributed by atoms with E-state index in [0.29, 0.717) is 0 Å². The van der Waals surface area contributed by atoms with Gasteiger partial charge in [0.1, 0.15) is 10.5 Å². The van der Waals surface area contributed by atoms with E-state index in [-0.39, 0.29) is 37.8 Å². The average molecular weight is 601 g/mol. The maximum atomic E-state index is 11.2.